The molecule has 4 rings (SSSR count). The van der Waals surface area contributed by atoms with Crippen LogP contribution < -0.4 is 24.2 Å². The Hall–Kier alpha value is -3.03. The second kappa shape index (κ2) is 8.38. The average molecular weight is 410 g/mol. The number of methoxy groups -OCH3 is 2. The van der Waals surface area contributed by atoms with Crippen LogP contribution in [-0.2, 0) is 6.54 Å². The molecule has 0 unspecified atom stereocenters. The van der Waals surface area contributed by atoms with E-state index >= 15 is 0 Å². The van der Waals surface area contributed by atoms with Crippen molar-refractivity contribution >= 4 is 11.9 Å². The summed E-state index contributed by atoms with van der Waals surface area (Å²) in [6.45, 7) is 4.44. The van der Waals surface area contributed by atoms with Crippen molar-refractivity contribution < 1.29 is 29.0 Å². The van der Waals surface area contributed by atoms with Gasteiger partial charge in [-0.25, -0.2) is 0 Å². The molecule has 1 N–H and O–H groups in total. The maximum Gasteiger partial charge on any atom is 0.231 e. The fourth-order valence-electron chi connectivity index (χ4n) is 3.91. The number of hydrogen-bond donors (Lipinski definition) is 1. The van der Waals surface area contributed by atoms with E-state index in [1.807, 2.05) is 0 Å². The number of Topliss-reactive ketones (excluding diaryl/α,β-unsaturated/α-hetero) is 1. The highest BCUT2D eigenvalue weighted by Crippen LogP contribution is 2.39. The molecule has 0 aliphatic carbocycles. The third-order valence-corrected chi connectivity index (χ3v) is 5.74. The number of allylic oxidation sites excluding steroid dienone is 1. The van der Waals surface area contributed by atoms with E-state index < -0.39 is 0 Å². The summed E-state index contributed by atoms with van der Waals surface area (Å²) in [7, 11) is 5.24. The lowest BCUT2D eigenvalue weighted by Gasteiger charge is -2.30. The summed E-state index contributed by atoms with van der Waals surface area (Å²) < 4.78 is 16.6. The lowest BCUT2D eigenvalue weighted by Crippen LogP contribution is -3.13. The maximum absolute atomic E-state index is 13.0. The van der Waals surface area contributed by atoms with Crippen molar-refractivity contribution in [1.82, 2.24) is 4.90 Å². The number of rotatable bonds is 5. The summed E-state index contributed by atoms with van der Waals surface area (Å²) in [5.74, 6) is 1.50. The predicted molar refractivity (Wildman–Crippen MR) is 110 cm³/mol. The molecule has 0 spiro atoms. The van der Waals surface area contributed by atoms with E-state index in [2.05, 4.69) is 11.9 Å². The highest BCUT2D eigenvalue weighted by molar-refractivity contribution is 6.15. The molecule has 2 aliphatic heterocycles. The van der Waals surface area contributed by atoms with Crippen molar-refractivity contribution in [2.45, 2.75) is 6.54 Å². The normalized spacial score (nSPS) is 18.4. The Kier molecular flexibility index (Phi) is 5.65. The van der Waals surface area contributed by atoms with Gasteiger partial charge in [0, 0.05) is 24.2 Å². The Balaban J connectivity index is 1.65. The van der Waals surface area contributed by atoms with E-state index in [1.54, 1.807) is 44.6 Å². The Morgan fingerprint density at radius 3 is 2.63 bits per heavy atom. The van der Waals surface area contributed by atoms with Gasteiger partial charge < -0.3 is 24.2 Å². The van der Waals surface area contributed by atoms with E-state index in [9.17, 15) is 9.90 Å². The molecule has 2 aromatic rings. The van der Waals surface area contributed by atoms with Crippen molar-refractivity contribution in [3.63, 3.8) is 0 Å². The van der Waals surface area contributed by atoms with Crippen molar-refractivity contribution in [2.24, 2.45) is 0 Å². The maximum atomic E-state index is 13.0. The third kappa shape index (κ3) is 3.86. The van der Waals surface area contributed by atoms with Gasteiger partial charge in [-0.3, -0.25) is 9.69 Å². The fourth-order valence-corrected chi connectivity index (χ4v) is 3.91. The number of ether oxygens (including phenoxy) is 3. The number of benzene rings is 2. The minimum atomic E-state index is -0.232. The van der Waals surface area contributed by atoms with Gasteiger partial charge in [0.25, 0.3) is 0 Å². The van der Waals surface area contributed by atoms with Crippen molar-refractivity contribution in [3.05, 3.63) is 52.8 Å². The van der Waals surface area contributed by atoms with Gasteiger partial charge in [-0.2, -0.15) is 0 Å². The molecule has 2 heterocycles. The van der Waals surface area contributed by atoms with Crippen LogP contribution in [0.2, 0.25) is 0 Å². The lowest BCUT2D eigenvalue weighted by atomic mass is 10.0. The fraction of sp³-hybridized carbons (Fsp3) is 0.348. The molecule has 1 fully saturated rings. The van der Waals surface area contributed by atoms with Gasteiger partial charge in [-0.1, -0.05) is 11.8 Å². The van der Waals surface area contributed by atoms with Gasteiger partial charge in [-0.05, 0) is 37.4 Å². The monoisotopic (exact) mass is 410 g/mol. The second-order valence-electron chi connectivity index (χ2n) is 7.70. The number of ketones is 1. The molecule has 2 aliphatic rings. The molecule has 2 aromatic carbocycles. The molecule has 158 valence electrons. The first-order valence-electron chi connectivity index (χ1n) is 10.0. The van der Waals surface area contributed by atoms with E-state index in [0.29, 0.717) is 40.5 Å². The third-order valence-electron chi connectivity index (χ3n) is 5.74. The summed E-state index contributed by atoms with van der Waals surface area (Å²) >= 11 is 0. The molecular weight excluding hydrogens is 384 g/mol. The Bertz CT molecular complexity index is 993. The zero-order valence-corrected chi connectivity index (χ0v) is 17.5. The van der Waals surface area contributed by atoms with Crippen LogP contribution in [0, 0.1) is 0 Å². The molecule has 0 radical (unpaired) electrons. The van der Waals surface area contributed by atoms with Gasteiger partial charge in [0.05, 0.1) is 32.9 Å². The number of carbonyl (C=O) groups excluding carboxylic acids is 1. The van der Waals surface area contributed by atoms with Crippen molar-refractivity contribution in [2.75, 3.05) is 47.4 Å². The number of piperazine rings is 1. The molecule has 0 amide bonds. The zero-order chi connectivity index (χ0) is 21.3. The minimum absolute atomic E-state index is 0.0896. The van der Waals surface area contributed by atoms with Crippen LogP contribution in [0.15, 0.2) is 36.1 Å². The van der Waals surface area contributed by atoms with E-state index in [4.69, 9.17) is 14.2 Å². The minimum Gasteiger partial charge on any atom is -0.872 e. The van der Waals surface area contributed by atoms with Crippen molar-refractivity contribution in [3.8, 4) is 23.0 Å². The number of quaternary nitrogens is 1. The number of nitrogens with one attached hydrogen (secondary N) is 1. The summed E-state index contributed by atoms with van der Waals surface area (Å²) in [6, 6.07) is 8.37. The number of likely N-dealkylation sites (N-methyl/N-ethyl adjacent to an activating group) is 1. The van der Waals surface area contributed by atoms with Gasteiger partial charge in [0.2, 0.25) is 5.78 Å². The number of carbonyl (C=O) groups is 1. The van der Waals surface area contributed by atoms with Crippen molar-refractivity contribution in [1.29, 1.82) is 0 Å². The largest absolute Gasteiger partial charge is 0.872 e. The summed E-state index contributed by atoms with van der Waals surface area (Å²) in [5.41, 5.74) is 1.68. The first-order valence-corrected chi connectivity index (χ1v) is 10.0. The first kappa shape index (κ1) is 20.3. The standard InChI is InChI=1S/C23H26N2O5/c1-24-8-10-25(11-9-24)14-18-19(26)6-5-17-22(27)21(30-23(17)18)13-15-12-16(28-2)4-7-20(15)29-3/h4-7,12-13,26H,8-11,14H2,1-3H3. The predicted octanol–water partition coefficient (Wildman–Crippen LogP) is 0.724. The molecule has 0 saturated carbocycles. The van der Waals surface area contributed by atoms with E-state index in [-0.39, 0.29) is 17.3 Å². The molecule has 30 heavy (non-hydrogen) atoms. The molecule has 0 atom stereocenters. The number of nitrogens with zero attached hydrogens (tertiary/aromatic N) is 1. The highest BCUT2D eigenvalue weighted by Gasteiger charge is 2.31. The van der Waals surface area contributed by atoms with Crippen LogP contribution in [0.5, 0.6) is 23.0 Å². The molecular formula is C23H26N2O5. The topological polar surface area (TPSA) is 75.5 Å². The van der Waals surface area contributed by atoms with Crippen LogP contribution >= 0.6 is 0 Å². The van der Waals surface area contributed by atoms with Crippen LogP contribution in [0.4, 0.5) is 0 Å². The molecule has 0 aromatic heterocycles. The van der Waals surface area contributed by atoms with Crippen LogP contribution in [0.3, 0.4) is 0 Å². The van der Waals surface area contributed by atoms with E-state index in [0.717, 1.165) is 26.2 Å². The Labute approximate surface area is 176 Å². The Morgan fingerprint density at radius 2 is 1.93 bits per heavy atom. The van der Waals surface area contributed by atoms with E-state index in [1.165, 1.54) is 11.0 Å². The van der Waals surface area contributed by atoms with Gasteiger partial charge >= 0.3 is 0 Å². The SMILES string of the molecule is COc1ccc(OC)c(C=C2Oc3c(ccc([O-])c3C[NH+]3CCN(C)CC3)C2=O)c1. The van der Waals surface area contributed by atoms with Gasteiger partial charge in [0.1, 0.15) is 23.8 Å². The average Bonchev–Trinajstić information content (AvgIpc) is 3.07. The molecule has 1 saturated heterocycles. The highest BCUT2D eigenvalue weighted by atomic mass is 16.5. The second-order valence-corrected chi connectivity index (χ2v) is 7.70. The summed E-state index contributed by atoms with van der Waals surface area (Å²) in [4.78, 5) is 16.6. The first-order chi connectivity index (χ1) is 14.5. The molecule has 7 nitrogen and oxygen atoms in total. The van der Waals surface area contributed by atoms with Crippen LogP contribution in [0.25, 0.3) is 6.08 Å². The van der Waals surface area contributed by atoms with Gasteiger partial charge in [-0.15, -0.1) is 0 Å². The number of fused-ring (bicyclic) bond motifs is 1. The summed E-state index contributed by atoms with van der Waals surface area (Å²) in [5, 5.41) is 12.6. The van der Waals surface area contributed by atoms with Crippen LogP contribution in [-0.4, -0.2) is 58.1 Å². The smallest absolute Gasteiger partial charge is 0.231 e. The zero-order valence-electron chi connectivity index (χ0n) is 17.5. The lowest BCUT2D eigenvalue weighted by molar-refractivity contribution is -0.918. The number of hydrogen-bond acceptors (Lipinski definition) is 6. The molecule has 7 heteroatoms. The Morgan fingerprint density at radius 1 is 1.17 bits per heavy atom. The molecule has 0 bridgehead atoms. The van der Waals surface area contributed by atoms with Gasteiger partial charge in [0.15, 0.2) is 5.76 Å². The quantitative estimate of drug-likeness (QED) is 0.733. The van der Waals surface area contributed by atoms with Crippen LogP contribution in [0.1, 0.15) is 21.5 Å². The summed E-state index contributed by atoms with van der Waals surface area (Å²) in [6.07, 6.45) is 1.64.